The number of nitrogens with zero attached hydrogens (tertiary/aromatic N) is 3. The number of carboxylic acid groups (broad SMARTS) is 1. The van der Waals surface area contributed by atoms with Gasteiger partial charge in [0.05, 0.1) is 6.54 Å². The molecule has 200 valence electrons. The average Bonchev–Trinajstić information content (AvgIpc) is 2.91. The number of aliphatic carboxylic acids is 1. The first-order chi connectivity index (χ1) is 18.0. The van der Waals surface area contributed by atoms with Crippen molar-refractivity contribution >= 4 is 17.8 Å². The Balaban J connectivity index is 1.71. The predicted molar refractivity (Wildman–Crippen MR) is 145 cm³/mol. The Labute approximate surface area is 221 Å². The lowest BCUT2D eigenvalue weighted by atomic mass is 10.1. The first-order valence-corrected chi connectivity index (χ1v) is 13.6. The third-order valence-electron chi connectivity index (χ3n) is 6.28. The maximum Gasteiger partial charge on any atom is 0.394 e. The largest absolute Gasteiger partial charge is 0.474 e. The molecule has 0 bridgehead atoms. The molecule has 0 aliphatic rings. The molecule has 0 heterocycles. The molecule has 2 aromatic carbocycles. The maximum absolute atomic E-state index is 12.3. The van der Waals surface area contributed by atoms with Crippen molar-refractivity contribution in [1.29, 1.82) is 0 Å². The van der Waals surface area contributed by atoms with Crippen molar-refractivity contribution in [2.24, 2.45) is 10.2 Å². The van der Waals surface area contributed by atoms with Crippen LogP contribution >= 0.6 is 0 Å². The predicted octanol–water partition coefficient (Wildman–Crippen LogP) is 7.20. The van der Waals surface area contributed by atoms with Gasteiger partial charge in [0.2, 0.25) is 0 Å². The van der Waals surface area contributed by atoms with Crippen LogP contribution in [-0.2, 0) is 22.7 Å². The molecule has 1 N–H and O–H groups in total. The van der Waals surface area contributed by atoms with E-state index < -0.39 is 17.8 Å². The van der Waals surface area contributed by atoms with E-state index in [9.17, 15) is 19.5 Å². The van der Waals surface area contributed by atoms with Crippen LogP contribution in [-0.4, -0.2) is 34.3 Å². The molecule has 0 aromatic heterocycles. The Hall–Kier alpha value is -3.35. The molecular weight excluding hydrogens is 466 g/mol. The molecule has 0 saturated heterocycles. The zero-order chi connectivity index (χ0) is 26.7. The van der Waals surface area contributed by atoms with Crippen LogP contribution in [0, 0.1) is 0 Å². The summed E-state index contributed by atoms with van der Waals surface area (Å²) in [4.78, 5) is 37.0. The van der Waals surface area contributed by atoms with E-state index in [-0.39, 0.29) is 13.1 Å². The Bertz CT molecular complexity index is 974. The van der Waals surface area contributed by atoms with E-state index in [2.05, 4.69) is 17.2 Å². The zero-order valence-electron chi connectivity index (χ0n) is 22.1. The van der Waals surface area contributed by atoms with Crippen molar-refractivity contribution in [1.82, 2.24) is 4.90 Å². The third kappa shape index (κ3) is 12.4. The van der Waals surface area contributed by atoms with Crippen LogP contribution in [0.1, 0.15) is 99.0 Å². The van der Waals surface area contributed by atoms with E-state index in [0.29, 0.717) is 12.1 Å². The Morgan fingerprint density at radius 3 is 1.76 bits per heavy atom. The first kappa shape index (κ1) is 29.9. The van der Waals surface area contributed by atoms with Crippen molar-refractivity contribution in [2.75, 3.05) is 6.54 Å². The number of hydrogen-bond donors (Lipinski definition) is 1. The normalized spacial score (nSPS) is 11.1. The molecule has 37 heavy (non-hydrogen) atoms. The fourth-order valence-electron chi connectivity index (χ4n) is 4.13. The second-order valence-electron chi connectivity index (χ2n) is 9.45. The monoisotopic (exact) mass is 507 g/mol. The van der Waals surface area contributed by atoms with Crippen molar-refractivity contribution in [3.8, 4) is 0 Å². The molecule has 7 nitrogen and oxygen atoms in total. The first-order valence-electron chi connectivity index (χ1n) is 13.6. The zero-order valence-corrected chi connectivity index (χ0v) is 22.1. The lowest BCUT2D eigenvalue weighted by Gasteiger charge is -2.21. The minimum absolute atomic E-state index is 0.120. The number of azo groups is 1. The summed E-state index contributed by atoms with van der Waals surface area (Å²) < 4.78 is 0. The smallest absolute Gasteiger partial charge is 0.394 e. The molecule has 2 rings (SSSR count). The van der Waals surface area contributed by atoms with E-state index in [0.717, 1.165) is 24.0 Å². The molecule has 0 aliphatic heterocycles. The van der Waals surface area contributed by atoms with Gasteiger partial charge in [-0.15, -0.1) is 5.11 Å². The van der Waals surface area contributed by atoms with E-state index in [1.54, 1.807) is 24.3 Å². The quantitative estimate of drug-likeness (QED) is 0.139. The molecule has 0 unspecified atom stereocenters. The van der Waals surface area contributed by atoms with Crippen LogP contribution < -0.4 is 0 Å². The molecule has 0 atom stereocenters. The van der Waals surface area contributed by atoms with Crippen molar-refractivity contribution in [3.63, 3.8) is 0 Å². The SMILES string of the molecule is CCCCCCCCCCCCCN=NC(=O)c1ccc(CN(Cc2ccccc2)C(=O)C(=O)O)cc1. The molecule has 0 aliphatic carbocycles. The van der Waals surface area contributed by atoms with Gasteiger partial charge in [-0.3, -0.25) is 9.59 Å². The number of amides is 2. The Morgan fingerprint density at radius 1 is 0.703 bits per heavy atom. The number of carbonyl (C=O) groups excluding carboxylic acids is 2. The summed E-state index contributed by atoms with van der Waals surface area (Å²) in [7, 11) is 0. The van der Waals surface area contributed by atoms with Crippen molar-refractivity contribution < 1.29 is 19.5 Å². The summed E-state index contributed by atoms with van der Waals surface area (Å²) in [5.74, 6) is -2.88. The van der Waals surface area contributed by atoms with Gasteiger partial charge in [0.25, 0.3) is 5.91 Å². The van der Waals surface area contributed by atoms with Gasteiger partial charge in [0, 0.05) is 18.7 Å². The highest BCUT2D eigenvalue weighted by atomic mass is 16.4. The number of carboxylic acids is 1. The highest BCUT2D eigenvalue weighted by molar-refractivity contribution is 6.31. The summed E-state index contributed by atoms with van der Waals surface area (Å²) in [6, 6.07) is 15.9. The second kappa shape index (κ2) is 18.0. The van der Waals surface area contributed by atoms with Crippen LogP contribution in [0.25, 0.3) is 0 Å². The summed E-state index contributed by atoms with van der Waals surface area (Å²) >= 11 is 0. The lowest BCUT2D eigenvalue weighted by Crippen LogP contribution is -2.35. The van der Waals surface area contributed by atoms with Gasteiger partial charge in [0.1, 0.15) is 0 Å². The summed E-state index contributed by atoms with van der Waals surface area (Å²) in [5.41, 5.74) is 1.97. The molecular formula is C30H41N3O4. The van der Waals surface area contributed by atoms with E-state index >= 15 is 0 Å². The van der Waals surface area contributed by atoms with E-state index in [1.807, 2.05) is 30.3 Å². The highest BCUT2D eigenvalue weighted by Crippen LogP contribution is 2.14. The van der Waals surface area contributed by atoms with E-state index in [4.69, 9.17) is 0 Å². The number of carbonyl (C=O) groups is 3. The molecule has 7 heteroatoms. The Morgan fingerprint density at radius 2 is 1.22 bits per heavy atom. The molecule has 2 aromatic rings. The topological polar surface area (TPSA) is 99.4 Å². The van der Waals surface area contributed by atoms with Gasteiger partial charge in [0.15, 0.2) is 0 Å². The minimum Gasteiger partial charge on any atom is -0.474 e. The lowest BCUT2D eigenvalue weighted by molar-refractivity contribution is -0.156. The highest BCUT2D eigenvalue weighted by Gasteiger charge is 2.21. The number of unbranched alkanes of at least 4 members (excludes halogenated alkanes) is 10. The van der Waals surface area contributed by atoms with Gasteiger partial charge in [-0.2, -0.15) is 5.11 Å². The summed E-state index contributed by atoms with van der Waals surface area (Å²) in [6.07, 6.45) is 13.9. The molecule has 0 saturated carbocycles. The standard InChI is InChI=1S/C30H41N3O4/c1-2-3-4-5-6-7-8-9-10-11-15-22-31-32-28(34)27-20-18-26(19-21-27)24-33(29(35)30(36)37)23-25-16-13-12-14-17-25/h12-14,16-21H,2-11,15,22-24H2,1H3,(H,36,37). The molecule has 0 fully saturated rings. The van der Waals surface area contributed by atoms with Crippen LogP contribution in [0.5, 0.6) is 0 Å². The van der Waals surface area contributed by atoms with Gasteiger partial charge in [-0.05, 0) is 29.7 Å². The summed E-state index contributed by atoms with van der Waals surface area (Å²) in [5, 5.41) is 17.0. The number of rotatable bonds is 17. The molecule has 0 spiro atoms. The van der Waals surface area contributed by atoms with Gasteiger partial charge in [-0.1, -0.05) is 114 Å². The molecule has 2 amide bonds. The van der Waals surface area contributed by atoms with Gasteiger partial charge in [-0.25, -0.2) is 4.79 Å². The fraction of sp³-hybridized carbons (Fsp3) is 0.500. The van der Waals surface area contributed by atoms with Crippen molar-refractivity contribution in [2.45, 2.75) is 90.6 Å². The third-order valence-corrected chi connectivity index (χ3v) is 6.28. The van der Waals surface area contributed by atoms with Crippen LogP contribution in [0.4, 0.5) is 0 Å². The van der Waals surface area contributed by atoms with Crippen LogP contribution in [0.15, 0.2) is 64.8 Å². The summed E-state index contributed by atoms with van der Waals surface area (Å²) in [6.45, 7) is 3.09. The minimum atomic E-state index is -1.50. The average molecular weight is 508 g/mol. The van der Waals surface area contributed by atoms with Gasteiger partial charge >= 0.3 is 11.9 Å². The number of hydrogen-bond acceptors (Lipinski definition) is 4. The van der Waals surface area contributed by atoms with Crippen LogP contribution in [0.3, 0.4) is 0 Å². The second-order valence-corrected chi connectivity index (χ2v) is 9.45. The van der Waals surface area contributed by atoms with Crippen LogP contribution in [0.2, 0.25) is 0 Å². The molecule has 0 radical (unpaired) electrons. The van der Waals surface area contributed by atoms with Gasteiger partial charge < -0.3 is 10.0 Å². The maximum atomic E-state index is 12.3. The van der Waals surface area contributed by atoms with Crippen molar-refractivity contribution in [3.05, 3.63) is 71.3 Å². The Kier molecular flexibility index (Phi) is 14.5. The number of benzene rings is 2. The fourth-order valence-corrected chi connectivity index (χ4v) is 4.13. The van der Waals surface area contributed by atoms with E-state index in [1.165, 1.54) is 62.7 Å².